The Kier molecular flexibility index (Phi) is 4.51. The summed E-state index contributed by atoms with van der Waals surface area (Å²) in [5, 5.41) is 6.88. The summed E-state index contributed by atoms with van der Waals surface area (Å²) in [6, 6.07) is 19.9. The summed E-state index contributed by atoms with van der Waals surface area (Å²) in [5.41, 5.74) is 2.09. The average Bonchev–Trinajstić information content (AvgIpc) is 2.57. The van der Waals surface area contributed by atoms with Crippen LogP contribution in [0.5, 0.6) is 0 Å². The summed E-state index contributed by atoms with van der Waals surface area (Å²) in [4.78, 5) is 8.61. The minimum atomic E-state index is 0.495. The van der Waals surface area contributed by atoms with Crippen LogP contribution in [0.4, 0.5) is 17.5 Å². The molecule has 0 unspecified atom stereocenters. The van der Waals surface area contributed by atoms with E-state index in [1.54, 1.807) is 6.20 Å². The number of aromatic nitrogens is 2. The predicted octanol–water partition coefficient (Wildman–Crippen LogP) is 4.49. The van der Waals surface area contributed by atoms with Gasteiger partial charge in [0.2, 0.25) is 5.95 Å². The Morgan fingerprint density at radius 2 is 1.59 bits per heavy atom. The quantitative estimate of drug-likeness (QED) is 0.729. The number of rotatable bonds is 5. The molecule has 0 saturated heterocycles. The highest BCUT2D eigenvalue weighted by Gasteiger charge is 2.05. The Morgan fingerprint density at radius 1 is 0.909 bits per heavy atom. The molecule has 110 valence electrons. The second-order valence-electron chi connectivity index (χ2n) is 4.72. The van der Waals surface area contributed by atoms with Gasteiger partial charge in [-0.2, -0.15) is 4.98 Å². The maximum atomic E-state index is 6.15. The first-order valence-corrected chi connectivity index (χ1v) is 7.31. The highest BCUT2D eigenvalue weighted by Crippen LogP contribution is 2.21. The van der Waals surface area contributed by atoms with E-state index in [1.165, 1.54) is 0 Å². The molecule has 2 aromatic carbocycles. The van der Waals surface area contributed by atoms with Crippen molar-refractivity contribution in [2.45, 2.75) is 6.54 Å². The highest BCUT2D eigenvalue weighted by molar-refractivity contribution is 6.32. The number of benzene rings is 2. The van der Waals surface area contributed by atoms with Gasteiger partial charge in [0, 0.05) is 12.2 Å². The summed E-state index contributed by atoms with van der Waals surface area (Å²) in [6.45, 7) is 0.655. The molecule has 0 amide bonds. The van der Waals surface area contributed by atoms with Crippen molar-refractivity contribution in [2.24, 2.45) is 0 Å². The Labute approximate surface area is 134 Å². The monoisotopic (exact) mass is 310 g/mol. The van der Waals surface area contributed by atoms with E-state index in [-0.39, 0.29) is 0 Å². The van der Waals surface area contributed by atoms with Crippen LogP contribution in [-0.4, -0.2) is 9.97 Å². The van der Waals surface area contributed by atoms with Crippen molar-refractivity contribution >= 4 is 29.1 Å². The number of nitrogens with zero attached hydrogens (tertiary/aromatic N) is 2. The normalized spacial score (nSPS) is 10.2. The van der Waals surface area contributed by atoms with Crippen LogP contribution < -0.4 is 10.6 Å². The van der Waals surface area contributed by atoms with Crippen LogP contribution in [0.3, 0.4) is 0 Å². The van der Waals surface area contributed by atoms with Crippen molar-refractivity contribution in [1.29, 1.82) is 0 Å². The summed E-state index contributed by atoms with van der Waals surface area (Å²) in [6.07, 6.45) is 1.59. The van der Waals surface area contributed by atoms with Gasteiger partial charge in [-0.25, -0.2) is 4.98 Å². The third-order valence-electron chi connectivity index (χ3n) is 3.08. The molecule has 1 aromatic heterocycles. The van der Waals surface area contributed by atoms with Crippen molar-refractivity contribution < 1.29 is 0 Å². The predicted molar refractivity (Wildman–Crippen MR) is 90.5 cm³/mol. The first-order chi connectivity index (χ1) is 10.8. The number of anilines is 3. The molecule has 2 N–H and O–H groups in total. The van der Waals surface area contributed by atoms with Crippen LogP contribution in [0.2, 0.25) is 5.02 Å². The van der Waals surface area contributed by atoms with Crippen molar-refractivity contribution in [3.63, 3.8) is 0 Å². The molecule has 4 nitrogen and oxygen atoms in total. The zero-order valence-corrected chi connectivity index (χ0v) is 12.6. The minimum absolute atomic E-state index is 0.495. The SMILES string of the molecule is Clc1cnc(Nc2ccccc2)nc1NCc1ccccc1. The Bertz CT molecular complexity index is 732. The first-order valence-electron chi connectivity index (χ1n) is 6.94. The molecule has 0 radical (unpaired) electrons. The number of hydrogen-bond acceptors (Lipinski definition) is 4. The zero-order chi connectivity index (χ0) is 15.2. The summed E-state index contributed by atoms with van der Waals surface area (Å²) in [5.74, 6) is 1.12. The lowest BCUT2D eigenvalue weighted by molar-refractivity contribution is 1.08. The fraction of sp³-hybridized carbons (Fsp3) is 0.0588. The van der Waals surface area contributed by atoms with E-state index in [9.17, 15) is 0 Å². The van der Waals surface area contributed by atoms with Gasteiger partial charge in [0.15, 0.2) is 5.82 Å². The first kappa shape index (κ1) is 14.4. The van der Waals surface area contributed by atoms with Crippen LogP contribution in [0.25, 0.3) is 0 Å². The van der Waals surface area contributed by atoms with Crippen molar-refractivity contribution in [3.8, 4) is 0 Å². The van der Waals surface area contributed by atoms with Gasteiger partial charge in [-0.15, -0.1) is 0 Å². The fourth-order valence-corrected chi connectivity index (χ4v) is 2.14. The van der Waals surface area contributed by atoms with E-state index < -0.39 is 0 Å². The van der Waals surface area contributed by atoms with Crippen LogP contribution in [0.15, 0.2) is 66.9 Å². The lowest BCUT2D eigenvalue weighted by Crippen LogP contribution is -2.05. The van der Waals surface area contributed by atoms with Gasteiger partial charge < -0.3 is 10.6 Å². The molecule has 0 aliphatic rings. The summed E-state index contributed by atoms with van der Waals surface area (Å²) in [7, 11) is 0. The van der Waals surface area contributed by atoms with Crippen LogP contribution in [0, 0.1) is 0 Å². The Hall–Kier alpha value is -2.59. The molecule has 22 heavy (non-hydrogen) atoms. The molecular weight excluding hydrogens is 296 g/mol. The fourth-order valence-electron chi connectivity index (χ4n) is 1.98. The Morgan fingerprint density at radius 3 is 2.32 bits per heavy atom. The lowest BCUT2D eigenvalue weighted by Gasteiger charge is -2.10. The molecule has 1 heterocycles. The maximum Gasteiger partial charge on any atom is 0.229 e. The molecule has 0 bridgehead atoms. The second-order valence-corrected chi connectivity index (χ2v) is 5.13. The third kappa shape index (κ3) is 3.74. The number of nitrogens with one attached hydrogen (secondary N) is 2. The smallest absolute Gasteiger partial charge is 0.229 e. The van der Waals surface area contributed by atoms with E-state index in [0.717, 1.165) is 11.3 Å². The van der Waals surface area contributed by atoms with Crippen LogP contribution in [-0.2, 0) is 6.54 Å². The van der Waals surface area contributed by atoms with Gasteiger partial charge in [-0.05, 0) is 17.7 Å². The van der Waals surface area contributed by atoms with Crippen molar-refractivity contribution in [3.05, 3.63) is 77.4 Å². The van der Waals surface area contributed by atoms with E-state index in [2.05, 4.69) is 20.6 Å². The molecule has 0 saturated carbocycles. The molecule has 0 fully saturated rings. The topological polar surface area (TPSA) is 49.8 Å². The summed E-state index contributed by atoms with van der Waals surface area (Å²) >= 11 is 6.15. The van der Waals surface area contributed by atoms with E-state index in [0.29, 0.717) is 23.3 Å². The average molecular weight is 311 g/mol. The minimum Gasteiger partial charge on any atom is -0.365 e. The number of halogens is 1. The Balaban J connectivity index is 1.72. The van der Waals surface area contributed by atoms with Crippen LogP contribution in [0.1, 0.15) is 5.56 Å². The molecule has 0 spiro atoms. The van der Waals surface area contributed by atoms with Crippen LogP contribution >= 0.6 is 11.6 Å². The van der Waals surface area contributed by atoms with Gasteiger partial charge in [0.1, 0.15) is 5.02 Å². The second kappa shape index (κ2) is 6.91. The van der Waals surface area contributed by atoms with Crippen molar-refractivity contribution in [2.75, 3.05) is 10.6 Å². The largest absolute Gasteiger partial charge is 0.365 e. The number of hydrogen-bond donors (Lipinski definition) is 2. The highest BCUT2D eigenvalue weighted by atomic mass is 35.5. The molecular formula is C17H15ClN4. The van der Waals surface area contributed by atoms with E-state index >= 15 is 0 Å². The maximum absolute atomic E-state index is 6.15. The molecule has 0 aliphatic carbocycles. The third-order valence-corrected chi connectivity index (χ3v) is 3.35. The molecule has 0 atom stereocenters. The van der Waals surface area contributed by atoms with Crippen molar-refractivity contribution in [1.82, 2.24) is 9.97 Å². The van der Waals surface area contributed by atoms with Gasteiger partial charge in [0.25, 0.3) is 0 Å². The molecule has 3 aromatic rings. The lowest BCUT2D eigenvalue weighted by atomic mass is 10.2. The molecule has 3 rings (SSSR count). The van der Waals surface area contributed by atoms with Gasteiger partial charge >= 0.3 is 0 Å². The zero-order valence-electron chi connectivity index (χ0n) is 11.8. The van der Waals surface area contributed by atoms with Gasteiger partial charge in [-0.1, -0.05) is 60.1 Å². The summed E-state index contributed by atoms with van der Waals surface area (Å²) < 4.78 is 0. The van der Waals surface area contributed by atoms with Gasteiger partial charge in [-0.3, -0.25) is 0 Å². The molecule has 0 aliphatic heterocycles. The molecule has 5 heteroatoms. The standard InChI is InChI=1S/C17H15ClN4/c18-15-12-20-17(21-14-9-5-2-6-10-14)22-16(15)19-11-13-7-3-1-4-8-13/h1-10,12H,11H2,(H2,19,20,21,22). The van der Waals surface area contributed by atoms with E-state index in [1.807, 2.05) is 60.7 Å². The van der Waals surface area contributed by atoms with E-state index in [4.69, 9.17) is 11.6 Å². The number of para-hydroxylation sites is 1. The van der Waals surface area contributed by atoms with Gasteiger partial charge in [0.05, 0.1) is 6.20 Å².